The number of amides is 2. The van der Waals surface area contributed by atoms with E-state index in [1.54, 1.807) is 12.1 Å². The lowest BCUT2D eigenvalue weighted by atomic mass is 10.2. The molecule has 1 aliphatic heterocycles. The number of anilines is 1. The molecular weight excluding hydrogens is 370 g/mol. The molecule has 1 fully saturated rings. The first-order valence-electron chi connectivity index (χ1n) is 9.80. The highest BCUT2D eigenvalue weighted by atomic mass is 16.5. The Labute approximate surface area is 171 Å². The van der Waals surface area contributed by atoms with Gasteiger partial charge in [0.05, 0.1) is 18.9 Å². The third-order valence-corrected chi connectivity index (χ3v) is 4.66. The van der Waals surface area contributed by atoms with Gasteiger partial charge in [-0.05, 0) is 24.3 Å². The van der Waals surface area contributed by atoms with Crippen molar-refractivity contribution in [1.82, 2.24) is 10.2 Å². The first kappa shape index (κ1) is 20.8. The van der Waals surface area contributed by atoms with Crippen molar-refractivity contribution in [3.63, 3.8) is 0 Å². The maximum absolute atomic E-state index is 12.5. The fourth-order valence-corrected chi connectivity index (χ4v) is 3.13. The van der Waals surface area contributed by atoms with E-state index in [4.69, 9.17) is 9.47 Å². The minimum Gasteiger partial charge on any atom is -0.455 e. The number of rotatable bonds is 8. The molecule has 1 saturated heterocycles. The largest absolute Gasteiger partial charge is 0.455 e. The molecule has 0 radical (unpaired) electrons. The Morgan fingerprint density at radius 3 is 2.48 bits per heavy atom. The van der Waals surface area contributed by atoms with Crippen LogP contribution in [0.2, 0.25) is 0 Å². The van der Waals surface area contributed by atoms with Crippen LogP contribution in [0.3, 0.4) is 0 Å². The number of carbonyl (C=O) groups excluding carboxylic acids is 2. The van der Waals surface area contributed by atoms with Crippen LogP contribution in [0.1, 0.15) is 6.92 Å². The number of carbonyl (C=O) groups is 2. The van der Waals surface area contributed by atoms with E-state index in [-0.39, 0.29) is 18.4 Å². The number of hydrogen-bond donors (Lipinski definition) is 1. The summed E-state index contributed by atoms with van der Waals surface area (Å²) in [6, 6.07) is 16.6. The van der Waals surface area contributed by atoms with Crippen molar-refractivity contribution in [2.75, 3.05) is 50.8 Å². The van der Waals surface area contributed by atoms with Gasteiger partial charge in [-0.2, -0.15) is 0 Å². The summed E-state index contributed by atoms with van der Waals surface area (Å²) >= 11 is 0. The Balaban J connectivity index is 1.62. The molecule has 0 aliphatic carbocycles. The zero-order valence-electron chi connectivity index (χ0n) is 16.7. The number of nitrogens with zero attached hydrogens (tertiary/aromatic N) is 2. The molecule has 154 valence electrons. The van der Waals surface area contributed by atoms with Crippen LogP contribution in [0.5, 0.6) is 11.5 Å². The van der Waals surface area contributed by atoms with Crippen LogP contribution in [0.4, 0.5) is 5.69 Å². The first-order valence-corrected chi connectivity index (χ1v) is 9.80. The van der Waals surface area contributed by atoms with Crippen molar-refractivity contribution < 1.29 is 19.1 Å². The second kappa shape index (κ2) is 10.6. The molecule has 7 heteroatoms. The van der Waals surface area contributed by atoms with Gasteiger partial charge in [-0.25, -0.2) is 0 Å². The van der Waals surface area contributed by atoms with E-state index in [1.807, 2.05) is 42.5 Å². The predicted octanol–water partition coefficient (Wildman–Crippen LogP) is 2.28. The van der Waals surface area contributed by atoms with E-state index in [1.165, 1.54) is 11.8 Å². The van der Waals surface area contributed by atoms with Gasteiger partial charge in [0.1, 0.15) is 12.3 Å². The quantitative estimate of drug-likeness (QED) is 0.740. The Morgan fingerprint density at radius 1 is 1.07 bits per heavy atom. The zero-order chi connectivity index (χ0) is 20.5. The maximum Gasteiger partial charge on any atom is 0.240 e. The lowest BCUT2D eigenvalue weighted by Gasteiger charge is -2.27. The Hall–Kier alpha value is -2.90. The highest BCUT2D eigenvalue weighted by Gasteiger charge is 2.20. The fraction of sp³-hybridized carbons (Fsp3) is 0.364. The fourth-order valence-electron chi connectivity index (χ4n) is 3.13. The highest BCUT2D eigenvalue weighted by Crippen LogP contribution is 2.32. The number of para-hydroxylation sites is 3. The smallest absolute Gasteiger partial charge is 0.240 e. The molecule has 0 saturated carbocycles. The van der Waals surface area contributed by atoms with Crippen LogP contribution >= 0.6 is 0 Å². The predicted molar refractivity (Wildman–Crippen MR) is 111 cm³/mol. The van der Waals surface area contributed by atoms with Gasteiger partial charge in [0.25, 0.3) is 0 Å². The van der Waals surface area contributed by atoms with Crippen LogP contribution in [-0.4, -0.2) is 62.7 Å². The third-order valence-electron chi connectivity index (χ3n) is 4.66. The topological polar surface area (TPSA) is 71.1 Å². The Morgan fingerprint density at radius 2 is 1.76 bits per heavy atom. The lowest BCUT2D eigenvalue weighted by molar-refractivity contribution is -0.123. The van der Waals surface area contributed by atoms with Crippen molar-refractivity contribution >= 4 is 17.5 Å². The van der Waals surface area contributed by atoms with E-state index < -0.39 is 0 Å². The minimum atomic E-state index is -0.225. The summed E-state index contributed by atoms with van der Waals surface area (Å²) in [4.78, 5) is 28.4. The first-order chi connectivity index (χ1) is 14.1. The molecule has 0 atom stereocenters. The molecule has 2 amide bonds. The van der Waals surface area contributed by atoms with Crippen molar-refractivity contribution in [3.05, 3.63) is 54.6 Å². The molecular formula is C22H27N3O4. The summed E-state index contributed by atoms with van der Waals surface area (Å²) in [5, 5.41) is 2.90. The summed E-state index contributed by atoms with van der Waals surface area (Å²) in [5.74, 6) is 0.758. The van der Waals surface area contributed by atoms with Crippen LogP contribution in [0.25, 0.3) is 0 Å². The molecule has 1 heterocycles. The van der Waals surface area contributed by atoms with E-state index in [0.717, 1.165) is 32.8 Å². The van der Waals surface area contributed by atoms with Gasteiger partial charge >= 0.3 is 0 Å². The minimum absolute atomic E-state index is 0.0619. The number of hydrogen-bond acceptors (Lipinski definition) is 5. The second-order valence-corrected chi connectivity index (χ2v) is 6.79. The summed E-state index contributed by atoms with van der Waals surface area (Å²) in [6.07, 6.45) is 0. The maximum atomic E-state index is 12.5. The molecule has 3 rings (SSSR count). The van der Waals surface area contributed by atoms with Gasteiger partial charge < -0.3 is 14.8 Å². The van der Waals surface area contributed by atoms with Gasteiger partial charge in [-0.15, -0.1) is 0 Å². The van der Waals surface area contributed by atoms with Gasteiger partial charge in [0, 0.05) is 33.1 Å². The normalized spacial score (nSPS) is 14.2. The Bertz CT molecular complexity index is 807. The summed E-state index contributed by atoms with van der Waals surface area (Å²) < 4.78 is 11.3. The SMILES string of the molecule is CC(=O)N(CC(=O)NCCN1CCOCC1)c1ccccc1Oc1ccccc1. The van der Waals surface area contributed by atoms with Crippen LogP contribution < -0.4 is 15.0 Å². The summed E-state index contributed by atoms with van der Waals surface area (Å²) in [5.41, 5.74) is 0.562. The van der Waals surface area contributed by atoms with Crippen molar-refractivity contribution in [2.45, 2.75) is 6.92 Å². The van der Waals surface area contributed by atoms with Gasteiger partial charge in [-0.1, -0.05) is 30.3 Å². The van der Waals surface area contributed by atoms with Gasteiger partial charge in [0.2, 0.25) is 11.8 Å². The standard InChI is InChI=1S/C22H27N3O4/c1-18(26)25(17-22(27)23-11-12-24-13-15-28-16-14-24)20-9-5-6-10-21(20)29-19-7-3-2-4-8-19/h2-10H,11-17H2,1H3,(H,23,27). The third kappa shape index (κ3) is 6.30. The molecule has 1 N–H and O–H groups in total. The number of benzene rings is 2. The second-order valence-electron chi connectivity index (χ2n) is 6.79. The number of ether oxygens (including phenoxy) is 2. The molecule has 0 unspecified atom stereocenters. The number of morpholine rings is 1. The summed E-state index contributed by atoms with van der Waals surface area (Å²) in [7, 11) is 0. The number of nitrogens with one attached hydrogen (secondary N) is 1. The molecule has 0 aromatic heterocycles. The van der Waals surface area contributed by atoms with Crippen molar-refractivity contribution in [2.24, 2.45) is 0 Å². The van der Waals surface area contributed by atoms with Gasteiger partial charge in [0.15, 0.2) is 5.75 Å². The van der Waals surface area contributed by atoms with Crippen molar-refractivity contribution in [3.8, 4) is 11.5 Å². The molecule has 7 nitrogen and oxygen atoms in total. The van der Waals surface area contributed by atoms with Crippen LogP contribution in [0.15, 0.2) is 54.6 Å². The van der Waals surface area contributed by atoms with E-state index in [2.05, 4.69) is 10.2 Å². The molecule has 0 spiro atoms. The molecule has 1 aliphatic rings. The molecule has 2 aromatic rings. The van der Waals surface area contributed by atoms with Crippen molar-refractivity contribution in [1.29, 1.82) is 0 Å². The molecule has 29 heavy (non-hydrogen) atoms. The van der Waals surface area contributed by atoms with E-state index >= 15 is 0 Å². The lowest BCUT2D eigenvalue weighted by Crippen LogP contribution is -2.44. The van der Waals surface area contributed by atoms with E-state index in [0.29, 0.717) is 23.7 Å². The Kier molecular flexibility index (Phi) is 7.61. The van der Waals surface area contributed by atoms with Crippen LogP contribution in [-0.2, 0) is 14.3 Å². The molecule has 0 bridgehead atoms. The average Bonchev–Trinajstić information content (AvgIpc) is 2.74. The monoisotopic (exact) mass is 397 g/mol. The zero-order valence-corrected chi connectivity index (χ0v) is 16.7. The van der Waals surface area contributed by atoms with Crippen LogP contribution in [0, 0.1) is 0 Å². The molecule has 2 aromatic carbocycles. The van der Waals surface area contributed by atoms with Gasteiger partial charge in [-0.3, -0.25) is 19.4 Å². The average molecular weight is 397 g/mol. The highest BCUT2D eigenvalue weighted by molar-refractivity contribution is 5.98. The summed E-state index contributed by atoms with van der Waals surface area (Å²) in [6.45, 7) is 5.89. The van der Waals surface area contributed by atoms with E-state index in [9.17, 15) is 9.59 Å².